The second-order valence-corrected chi connectivity index (χ2v) is 10.0. The van der Waals surface area contributed by atoms with Crippen molar-refractivity contribution in [2.45, 2.75) is 45.3 Å². The fourth-order valence-electron chi connectivity index (χ4n) is 4.46. The summed E-state index contributed by atoms with van der Waals surface area (Å²) >= 11 is 0. The number of piperazine rings is 1. The molecule has 0 bridgehead atoms. The SMILES string of the molecule is CC(C)(C)OC(=O)N1CCN(c2cccc(C3CCN(C(=O)OCc4ccccc4)C3)c2)CC1. The number of amides is 2. The van der Waals surface area contributed by atoms with Gasteiger partial charge in [0.15, 0.2) is 0 Å². The minimum atomic E-state index is -0.480. The molecule has 0 saturated carbocycles. The molecule has 2 aromatic carbocycles. The third kappa shape index (κ3) is 6.22. The summed E-state index contributed by atoms with van der Waals surface area (Å²) in [7, 11) is 0. The molecule has 1 unspecified atom stereocenters. The monoisotopic (exact) mass is 465 g/mol. The molecule has 182 valence electrons. The maximum Gasteiger partial charge on any atom is 0.410 e. The lowest BCUT2D eigenvalue weighted by Gasteiger charge is -2.37. The first kappa shape index (κ1) is 23.9. The molecule has 2 saturated heterocycles. The van der Waals surface area contributed by atoms with E-state index in [-0.39, 0.29) is 12.2 Å². The predicted molar refractivity (Wildman–Crippen MR) is 132 cm³/mol. The van der Waals surface area contributed by atoms with Gasteiger partial charge >= 0.3 is 12.2 Å². The number of hydrogen-bond acceptors (Lipinski definition) is 5. The van der Waals surface area contributed by atoms with Gasteiger partial charge in [0.2, 0.25) is 0 Å². The molecule has 7 nitrogen and oxygen atoms in total. The minimum absolute atomic E-state index is 0.244. The second-order valence-electron chi connectivity index (χ2n) is 10.0. The molecule has 2 amide bonds. The van der Waals surface area contributed by atoms with Gasteiger partial charge in [0, 0.05) is 50.9 Å². The molecule has 0 N–H and O–H groups in total. The molecule has 34 heavy (non-hydrogen) atoms. The zero-order valence-electron chi connectivity index (χ0n) is 20.4. The Balaban J connectivity index is 1.29. The van der Waals surface area contributed by atoms with Gasteiger partial charge in [0.1, 0.15) is 12.2 Å². The molecule has 2 aromatic rings. The maximum absolute atomic E-state index is 12.5. The van der Waals surface area contributed by atoms with Crippen LogP contribution in [0.1, 0.15) is 44.2 Å². The Hall–Kier alpha value is -3.22. The van der Waals surface area contributed by atoms with Gasteiger partial charge in [-0.1, -0.05) is 42.5 Å². The van der Waals surface area contributed by atoms with Crippen molar-refractivity contribution in [3.8, 4) is 0 Å². The Morgan fingerprint density at radius 1 is 0.882 bits per heavy atom. The van der Waals surface area contributed by atoms with Crippen molar-refractivity contribution in [2.75, 3.05) is 44.2 Å². The van der Waals surface area contributed by atoms with E-state index in [1.807, 2.05) is 51.1 Å². The first-order chi connectivity index (χ1) is 16.3. The number of carbonyl (C=O) groups excluding carboxylic acids is 2. The van der Waals surface area contributed by atoms with E-state index in [1.165, 1.54) is 5.56 Å². The summed E-state index contributed by atoms with van der Waals surface area (Å²) in [6, 6.07) is 18.3. The molecule has 1 atom stereocenters. The van der Waals surface area contributed by atoms with Crippen molar-refractivity contribution in [1.29, 1.82) is 0 Å². The van der Waals surface area contributed by atoms with Crippen LogP contribution in [-0.2, 0) is 16.1 Å². The number of hydrogen-bond donors (Lipinski definition) is 0. The fourth-order valence-corrected chi connectivity index (χ4v) is 4.46. The number of benzene rings is 2. The lowest BCUT2D eigenvalue weighted by molar-refractivity contribution is 0.0240. The van der Waals surface area contributed by atoms with Crippen LogP contribution in [0.4, 0.5) is 15.3 Å². The molecular weight excluding hydrogens is 430 g/mol. The standard InChI is InChI=1S/C27H35N3O4/c1-27(2,3)34-26(32)29-16-14-28(15-17-29)24-11-7-10-22(18-24)23-12-13-30(19-23)25(31)33-20-21-8-5-4-6-9-21/h4-11,18,23H,12-17,19-20H2,1-3H3. The van der Waals surface area contributed by atoms with Gasteiger partial charge in [-0.2, -0.15) is 0 Å². The van der Waals surface area contributed by atoms with Gasteiger partial charge in [0.25, 0.3) is 0 Å². The minimum Gasteiger partial charge on any atom is -0.445 e. The molecule has 2 aliphatic heterocycles. The summed E-state index contributed by atoms with van der Waals surface area (Å²) in [5, 5.41) is 0. The molecule has 7 heteroatoms. The van der Waals surface area contributed by atoms with E-state index in [0.29, 0.717) is 38.7 Å². The average Bonchev–Trinajstić information content (AvgIpc) is 3.33. The zero-order chi connectivity index (χ0) is 24.1. The highest BCUT2D eigenvalue weighted by atomic mass is 16.6. The number of carbonyl (C=O) groups is 2. The number of anilines is 1. The first-order valence-corrected chi connectivity index (χ1v) is 12.1. The summed E-state index contributed by atoms with van der Waals surface area (Å²) in [6.45, 7) is 10.2. The van der Waals surface area contributed by atoms with Gasteiger partial charge in [-0.25, -0.2) is 9.59 Å². The smallest absolute Gasteiger partial charge is 0.410 e. The van der Waals surface area contributed by atoms with E-state index in [4.69, 9.17) is 9.47 Å². The Bertz CT molecular complexity index is 981. The Morgan fingerprint density at radius 3 is 2.32 bits per heavy atom. The number of ether oxygens (including phenoxy) is 2. The summed E-state index contributed by atoms with van der Waals surface area (Å²) in [5.74, 6) is 0.298. The van der Waals surface area contributed by atoms with Gasteiger partial charge in [-0.3, -0.25) is 0 Å². The number of rotatable bonds is 4. The third-order valence-electron chi connectivity index (χ3n) is 6.29. The van der Waals surface area contributed by atoms with E-state index in [9.17, 15) is 9.59 Å². The van der Waals surface area contributed by atoms with E-state index >= 15 is 0 Å². The van der Waals surface area contributed by atoms with Crippen LogP contribution in [0.25, 0.3) is 0 Å². The molecule has 0 aliphatic carbocycles. The van der Waals surface area contributed by atoms with Crippen molar-refractivity contribution in [3.05, 3.63) is 65.7 Å². The van der Waals surface area contributed by atoms with Crippen LogP contribution < -0.4 is 4.90 Å². The van der Waals surface area contributed by atoms with Gasteiger partial charge < -0.3 is 24.2 Å². The van der Waals surface area contributed by atoms with Crippen LogP contribution >= 0.6 is 0 Å². The highest BCUT2D eigenvalue weighted by Crippen LogP contribution is 2.30. The highest BCUT2D eigenvalue weighted by Gasteiger charge is 2.29. The topological polar surface area (TPSA) is 62.3 Å². The van der Waals surface area contributed by atoms with Crippen molar-refractivity contribution < 1.29 is 19.1 Å². The van der Waals surface area contributed by atoms with Crippen LogP contribution in [0.2, 0.25) is 0 Å². The molecule has 2 fully saturated rings. The Labute approximate surface area is 202 Å². The molecule has 0 radical (unpaired) electrons. The lowest BCUT2D eigenvalue weighted by atomic mass is 9.97. The van der Waals surface area contributed by atoms with Crippen molar-refractivity contribution in [1.82, 2.24) is 9.80 Å². The Kier molecular flexibility index (Phi) is 7.29. The third-order valence-corrected chi connectivity index (χ3v) is 6.29. The largest absolute Gasteiger partial charge is 0.445 e. The Morgan fingerprint density at radius 2 is 1.62 bits per heavy atom. The van der Waals surface area contributed by atoms with Crippen LogP contribution in [0.15, 0.2) is 54.6 Å². The number of nitrogens with zero attached hydrogens (tertiary/aromatic N) is 3. The van der Waals surface area contributed by atoms with Crippen LogP contribution in [0.5, 0.6) is 0 Å². The molecular formula is C27H35N3O4. The molecule has 2 heterocycles. The normalized spacial score (nSPS) is 18.7. The fraction of sp³-hybridized carbons (Fsp3) is 0.481. The summed E-state index contributed by atoms with van der Waals surface area (Å²) in [5.41, 5.74) is 2.91. The quantitative estimate of drug-likeness (QED) is 0.645. The highest BCUT2D eigenvalue weighted by molar-refractivity contribution is 5.69. The van der Waals surface area contributed by atoms with Crippen molar-refractivity contribution in [2.24, 2.45) is 0 Å². The average molecular weight is 466 g/mol. The van der Waals surface area contributed by atoms with Crippen molar-refractivity contribution >= 4 is 17.9 Å². The maximum atomic E-state index is 12.5. The summed E-state index contributed by atoms with van der Waals surface area (Å²) < 4.78 is 11.0. The molecule has 0 aromatic heterocycles. The van der Waals surface area contributed by atoms with E-state index in [0.717, 1.165) is 30.8 Å². The van der Waals surface area contributed by atoms with E-state index in [2.05, 4.69) is 29.2 Å². The summed E-state index contributed by atoms with van der Waals surface area (Å²) in [6.07, 6.45) is 0.433. The van der Waals surface area contributed by atoms with Crippen LogP contribution in [0.3, 0.4) is 0 Å². The summed E-state index contributed by atoms with van der Waals surface area (Å²) in [4.78, 5) is 30.8. The zero-order valence-corrected chi connectivity index (χ0v) is 20.4. The molecule has 4 rings (SSSR count). The predicted octanol–water partition coefficient (Wildman–Crippen LogP) is 4.87. The second kappa shape index (κ2) is 10.4. The first-order valence-electron chi connectivity index (χ1n) is 12.1. The number of likely N-dealkylation sites (tertiary alicyclic amines) is 1. The van der Waals surface area contributed by atoms with E-state index < -0.39 is 5.60 Å². The van der Waals surface area contributed by atoms with Crippen LogP contribution in [-0.4, -0.2) is 66.9 Å². The van der Waals surface area contributed by atoms with Gasteiger partial charge in [-0.15, -0.1) is 0 Å². The van der Waals surface area contributed by atoms with Gasteiger partial charge in [-0.05, 0) is 50.5 Å². The van der Waals surface area contributed by atoms with Gasteiger partial charge in [0.05, 0.1) is 0 Å². The lowest BCUT2D eigenvalue weighted by Crippen LogP contribution is -2.50. The van der Waals surface area contributed by atoms with Crippen molar-refractivity contribution in [3.63, 3.8) is 0 Å². The van der Waals surface area contributed by atoms with Crippen LogP contribution in [0, 0.1) is 0 Å². The molecule has 0 spiro atoms. The molecule has 2 aliphatic rings. The van der Waals surface area contributed by atoms with E-state index in [1.54, 1.807) is 9.80 Å².